The monoisotopic (exact) mass is 216 g/mol. The Morgan fingerprint density at radius 2 is 1.43 bits per heavy atom. The maximum absolute atomic E-state index is 6.26. The smallest absolute Gasteiger partial charge is 0.0395 e. The van der Waals surface area contributed by atoms with E-state index in [0.29, 0.717) is 0 Å². The molecule has 0 saturated heterocycles. The summed E-state index contributed by atoms with van der Waals surface area (Å²) in [5.74, 6) is 0. The fourth-order valence-electron chi connectivity index (χ4n) is 2.51. The first-order valence-corrected chi connectivity index (χ1v) is 5.68. The highest BCUT2D eigenvalue weighted by atomic mass is 35.5. The molecule has 0 aromatic heterocycles. The zero-order valence-corrected chi connectivity index (χ0v) is 11.3. The fourth-order valence-corrected chi connectivity index (χ4v) is 2.87. The third kappa shape index (κ3) is 6.48. The number of hydrogen-bond donors (Lipinski definition) is 0. The van der Waals surface area contributed by atoms with Crippen molar-refractivity contribution >= 4 is 11.6 Å². The Kier molecular flexibility index (Phi) is 4.27. The zero-order chi connectivity index (χ0) is 11.6. The summed E-state index contributed by atoms with van der Waals surface area (Å²) in [6.07, 6.45) is 4.19. The van der Waals surface area contributed by atoms with Gasteiger partial charge in [0.05, 0.1) is 0 Å². The Bertz CT molecular complexity index is 194. The molecule has 1 heteroatoms. The van der Waals surface area contributed by atoms with E-state index in [1.807, 2.05) is 6.08 Å². The molecule has 0 atom stereocenters. The van der Waals surface area contributed by atoms with Gasteiger partial charge in [-0.25, -0.2) is 0 Å². The molecule has 0 radical (unpaired) electrons. The summed E-state index contributed by atoms with van der Waals surface area (Å²) >= 11 is 6.26. The van der Waals surface area contributed by atoms with Gasteiger partial charge >= 0.3 is 0 Å². The van der Waals surface area contributed by atoms with E-state index in [1.54, 1.807) is 0 Å². The van der Waals surface area contributed by atoms with E-state index in [2.05, 4.69) is 48.1 Å². The second kappa shape index (κ2) is 4.26. The molecule has 0 aromatic rings. The van der Waals surface area contributed by atoms with Gasteiger partial charge in [0.15, 0.2) is 0 Å². The molecule has 0 spiro atoms. The minimum Gasteiger partial charge on any atom is -0.120 e. The van der Waals surface area contributed by atoms with Crippen molar-refractivity contribution < 1.29 is 0 Å². The average molecular weight is 217 g/mol. The van der Waals surface area contributed by atoms with Crippen LogP contribution in [0.15, 0.2) is 12.7 Å². The number of rotatable bonds is 5. The molecule has 0 aromatic carbocycles. The maximum Gasteiger partial charge on any atom is 0.0395 e. The van der Waals surface area contributed by atoms with Gasteiger partial charge in [-0.3, -0.25) is 0 Å². The van der Waals surface area contributed by atoms with E-state index in [-0.39, 0.29) is 15.7 Å². The number of alkyl halides is 1. The highest BCUT2D eigenvalue weighted by molar-refractivity contribution is 6.23. The topological polar surface area (TPSA) is 0 Å². The average Bonchev–Trinajstić information content (AvgIpc) is 1.78. The van der Waals surface area contributed by atoms with Crippen molar-refractivity contribution in [1.82, 2.24) is 0 Å². The van der Waals surface area contributed by atoms with Crippen molar-refractivity contribution in [1.29, 1.82) is 0 Å². The molecule has 0 aliphatic rings. The number of allylic oxidation sites excluding steroid dienone is 1. The minimum atomic E-state index is -0.110. The van der Waals surface area contributed by atoms with Crippen LogP contribution in [0.5, 0.6) is 0 Å². The van der Waals surface area contributed by atoms with Gasteiger partial charge in [0.1, 0.15) is 0 Å². The van der Waals surface area contributed by atoms with Gasteiger partial charge in [0.25, 0.3) is 0 Å². The molecule has 0 aliphatic heterocycles. The molecule has 0 heterocycles. The third-order valence-corrected chi connectivity index (χ3v) is 2.52. The lowest BCUT2D eigenvalue weighted by Gasteiger charge is -2.36. The second-order valence-corrected chi connectivity index (χ2v) is 7.45. The summed E-state index contributed by atoms with van der Waals surface area (Å²) in [4.78, 5) is -0.110. The van der Waals surface area contributed by atoms with E-state index >= 15 is 0 Å². The van der Waals surface area contributed by atoms with Crippen LogP contribution in [0.2, 0.25) is 0 Å². The van der Waals surface area contributed by atoms with Crippen LogP contribution in [0, 0.1) is 10.8 Å². The molecule has 0 fully saturated rings. The van der Waals surface area contributed by atoms with Crippen LogP contribution >= 0.6 is 11.6 Å². The number of halogens is 1. The largest absolute Gasteiger partial charge is 0.120 e. The summed E-state index contributed by atoms with van der Waals surface area (Å²) in [5, 5.41) is 0. The van der Waals surface area contributed by atoms with Crippen molar-refractivity contribution in [2.75, 3.05) is 0 Å². The molecule has 84 valence electrons. The standard InChI is InChI=1S/C13H25Cl/c1-8-11(2,3)9-12(4,5)10-13(6,7)14/h8H,1,9-10H2,2-7H3. The van der Waals surface area contributed by atoms with Crippen LogP contribution in [0.4, 0.5) is 0 Å². The van der Waals surface area contributed by atoms with Gasteiger partial charge in [-0.15, -0.1) is 18.2 Å². The van der Waals surface area contributed by atoms with Crippen LogP contribution in [0.1, 0.15) is 54.4 Å². The summed E-state index contributed by atoms with van der Waals surface area (Å²) in [6.45, 7) is 17.1. The lowest BCUT2D eigenvalue weighted by atomic mass is 9.71. The molecule has 0 rings (SSSR count). The molecule has 0 N–H and O–H groups in total. The second-order valence-electron chi connectivity index (χ2n) is 6.43. The first kappa shape index (κ1) is 14.0. The van der Waals surface area contributed by atoms with Gasteiger partial charge < -0.3 is 0 Å². The van der Waals surface area contributed by atoms with E-state index in [1.165, 1.54) is 0 Å². The molecule has 0 saturated carbocycles. The van der Waals surface area contributed by atoms with Crippen molar-refractivity contribution in [3.8, 4) is 0 Å². The Labute approximate surface area is 94.7 Å². The van der Waals surface area contributed by atoms with Crippen molar-refractivity contribution in [3.63, 3.8) is 0 Å². The molecule has 0 nitrogen and oxygen atoms in total. The van der Waals surface area contributed by atoms with Crippen LogP contribution in [0.25, 0.3) is 0 Å². The Morgan fingerprint density at radius 1 is 1.00 bits per heavy atom. The lowest BCUT2D eigenvalue weighted by molar-refractivity contribution is 0.205. The predicted octanol–water partition coefficient (Wildman–Crippen LogP) is 5.02. The molecular formula is C13H25Cl. The van der Waals surface area contributed by atoms with Crippen LogP contribution in [-0.4, -0.2) is 4.87 Å². The van der Waals surface area contributed by atoms with Crippen LogP contribution in [-0.2, 0) is 0 Å². The predicted molar refractivity (Wildman–Crippen MR) is 66.9 cm³/mol. The van der Waals surface area contributed by atoms with Crippen molar-refractivity contribution in [2.45, 2.75) is 59.3 Å². The van der Waals surface area contributed by atoms with Crippen LogP contribution in [0.3, 0.4) is 0 Å². The van der Waals surface area contributed by atoms with E-state index in [9.17, 15) is 0 Å². The van der Waals surface area contributed by atoms with Gasteiger partial charge in [-0.2, -0.15) is 0 Å². The SMILES string of the molecule is C=CC(C)(C)CC(C)(C)CC(C)(C)Cl. The molecule has 0 aliphatic carbocycles. The first-order valence-electron chi connectivity index (χ1n) is 5.30. The fraction of sp³-hybridized carbons (Fsp3) is 0.846. The van der Waals surface area contributed by atoms with E-state index in [0.717, 1.165) is 12.8 Å². The van der Waals surface area contributed by atoms with E-state index < -0.39 is 0 Å². The molecular weight excluding hydrogens is 192 g/mol. The highest BCUT2D eigenvalue weighted by Crippen LogP contribution is 2.41. The normalized spacial score (nSPS) is 14.2. The first-order chi connectivity index (χ1) is 5.97. The van der Waals surface area contributed by atoms with Gasteiger partial charge in [0, 0.05) is 4.87 Å². The Morgan fingerprint density at radius 3 is 1.71 bits per heavy atom. The zero-order valence-electron chi connectivity index (χ0n) is 10.6. The third-order valence-electron chi connectivity index (χ3n) is 2.39. The summed E-state index contributed by atoms with van der Waals surface area (Å²) in [7, 11) is 0. The summed E-state index contributed by atoms with van der Waals surface area (Å²) < 4.78 is 0. The van der Waals surface area contributed by atoms with Crippen LogP contribution < -0.4 is 0 Å². The Balaban J connectivity index is 4.42. The van der Waals surface area contributed by atoms with Gasteiger partial charge in [-0.1, -0.05) is 33.8 Å². The summed E-state index contributed by atoms with van der Waals surface area (Å²) in [6, 6.07) is 0. The van der Waals surface area contributed by atoms with Gasteiger partial charge in [-0.05, 0) is 37.5 Å². The highest BCUT2D eigenvalue weighted by Gasteiger charge is 2.31. The molecule has 14 heavy (non-hydrogen) atoms. The molecule has 0 bridgehead atoms. The minimum absolute atomic E-state index is 0.110. The van der Waals surface area contributed by atoms with Gasteiger partial charge in [0.2, 0.25) is 0 Å². The maximum atomic E-state index is 6.26. The van der Waals surface area contributed by atoms with Crippen molar-refractivity contribution in [3.05, 3.63) is 12.7 Å². The molecule has 0 amide bonds. The van der Waals surface area contributed by atoms with Crippen molar-refractivity contribution in [2.24, 2.45) is 10.8 Å². The Hall–Kier alpha value is 0.0300. The van der Waals surface area contributed by atoms with E-state index in [4.69, 9.17) is 11.6 Å². The lowest BCUT2D eigenvalue weighted by Crippen LogP contribution is -2.28. The quantitative estimate of drug-likeness (QED) is 0.447. The molecule has 0 unspecified atom stereocenters. The summed E-state index contributed by atoms with van der Waals surface area (Å²) in [5.41, 5.74) is 0.467. The number of hydrogen-bond acceptors (Lipinski definition) is 0.